The number of rotatable bonds is 6. The monoisotopic (exact) mass is 464 g/mol. The molecule has 2 fully saturated rings. The minimum atomic E-state index is -0.342. The van der Waals surface area contributed by atoms with Gasteiger partial charge in [-0.25, -0.2) is 14.1 Å². The van der Waals surface area contributed by atoms with Gasteiger partial charge < -0.3 is 10.2 Å². The number of carbonyl (C=O) groups excluding carboxylic acids is 2. The Kier molecular flexibility index (Phi) is 6.03. The molecule has 3 heterocycles. The summed E-state index contributed by atoms with van der Waals surface area (Å²) < 4.78 is 14.9. The van der Waals surface area contributed by atoms with Crippen LogP contribution in [0.25, 0.3) is 11.0 Å². The molecule has 0 spiro atoms. The zero-order valence-electron chi connectivity index (χ0n) is 19.5. The molecular formula is C25H29FN6O2. The van der Waals surface area contributed by atoms with Crippen LogP contribution in [0.15, 0.2) is 36.5 Å². The number of fused-ring (bicyclic) bond motifs is 1. The molecule has 2 aromatic heterocycles. The van der Waals surface area contributed by atoms with Gasteiger partial charge in [-0.3, -0.25) is 14.5 Å². The second-order valence-corrected chi connectivity index (χ2v) is 9.41. The summed E-state index contributed by atoms with van der Waals surface area (Å²) in [6, 6.07) is 7.82. The Morgan fingerprint density at radius 3 is 2.47 bits per heavy atom. The van der Waals surface area contributed by atoms with Crippen LogP contribution in [0.2, 0.25) is 0 Å². The molecule has 1 saturated heterocycles. The second-order valence-electron chi connectivity index (χ2n) is 9.41. The predicted molar refractivity (Wildman–Crippen MR) is 127 cm³/mol. The first-order valence-corrected chi connectivity index (χ1v) is 11.8. The van der Waals surface area contributed by atoms with Crippen molar-refractivity contribution in [2.24, 2.45) is 0 Å². The quantitative estimate of drug-likeness (QED) is 0.604. The third-order valence-electron chi connectivity index (χ3n) is 6.46. The average Bonchev–Trinajstić information content (AvgIpc) is 3.58. The topological polar surface area (TPSA) is 83.4 Å². The third-order valence-corrected chi connectivity index (χ3v) is 6.46. The molecule has 5 rings (SSSR count). The van der Waals surface area contributed by atoms with Crippen molar-refractivity contribution in [2.75, 3.05) is 38.0 Å². The Labute approximate surface area is 197 Å². The second kappa shape index (κ2) is 9.13. The first-order chi connectivity index (χ1) is 16.4. The average molecular weight is 465 g/mol. The van der Waals surface area contributed by atoms with Crippen molar-refractivity contribution in [3.63, 3.8) is 0 Å². The molecule has 3 aromatic rings. The van der Waals surface area contributed by atoms with Crippen LogP contribution in [-0.4, -0.2) is 69.1 Å². The molecule has 9 heteroatoms. The lowest BCUT2D eigenvalue weighted by Gasteiger charge is -2.34. The Hall–Kier alpha value is -3.33. The fraction of sp³-hybridized carbons (Fsp3) is 0.440. The first-order valence-electron chi connectivity index (χ1n) is 11.8. The van der Waals surface area contributed by atoms with Gasteiger partial charge in [0.1, 0.15) is 5.82 Å². The molecule has 2 aliphatic rings. The first kappa shape index (κ1) is 22.5. The lowest BCUT2D eigenvalue weighted by atomic mass is 10.1. The number of nitrogens with one attached hydrogen (secondary N) is 1. The molecule has 34 heavy (non-hydrogen) atoms. The van der Waals surface area contributed by atoms with Gasteiger partial charge in [-0.1, -0.05) is 0 Å². The minimum absolute atomic E-state index is 0.00646. The van der Waals surface area contributed by atoms with Crippen molar-refractivity contribution < 1.29 is 14.0 Å². The Morgan fingerprint density at radius 2 is 1.82 bits per heavy atom. The van der Waals surface area contributed by atoms with Crippen molar-refractivity contribution in [2.45, 2.75) is 38.6 Å². The Bertz CT molecular complexity index is 1210. The number of nitrogens with zero attached hydrogens (tertiary/aromatic N) is 5. The van der Waals surface area contributed by atoms with Crippen molar-refractivity contribution in [3.8, 4) is 0 Å². The van der Waals surface area contributed by atoms with Crippen LogP contribution in [0, 0.1) is 5.82 Å². The van der Waals surface area contributed by atoms with E-state index in [1.807, 2.05) is 20.5 Å². The highest BCUT2D eigenvalue weighted by molar-refractivity contribution is 6.05. The molecule has 2 amide bonds. The molecule has 0 unspecified atom stereocenters. The van der Waals surface area contributed by atoms with Gasteiger partial charge in [-0.15, -0.1) is 0 Å². The third kappa shape index (κ3) is 4.65. The van der Waals surface area contributed by atoms with Crippen LogP contribution < -0.4 is 5.32 Å². The number of halogens is 1. The summed E-state index contributed by atoms with van der Waals surface area (Å²) in [5.41, 5.74) is 2.99. The van der Waals surface area contributed by atoms with E-state index < -0.39 is 0 Å². The maximum absolute atomic E-state index is 13.5. The molecule has 1 saturated carbocycles. The molecule has 1 N–H and O–H groups in total. The van der Waals surface area contributed by atoms with E-state index in [-0.39, 0.29) is 30.2 Å². The maximum atomic E-state index is 13.5. The van der Waals surface area contributed by atoms with Crippen LogP contribution in [0.3, 0.4) is 0 Å². The number of hydrogen-bond acceptors (Lipinski definition) is 5. The number of carbonyl (C=O) groups is 2. The Morgan fingerprint density at radius 1 is 1.12 bits per heavy atom. The van der Waals surface area contributed by atoms with Gasteiger partial charge in [0, 0.05) is 49.5 Å². The molecule has 0 atom stereocenters. The standard InChI is InChI=1S/C25H29FN6O2/c1-16(2)32-24-21(14-27-32)20(13-22(29-24)17-3-4-17)25(34)31-11-9-30(10-12-31)15-23(33)28-19-7-5-18(26)6-8-19/h5-8,13-14,16-17H,3-4,9-12,15H2,1-2H3,(H,28,33). The van der Waals surface area contributed by atoms with Crippen molar-refractivity contribution in [1.82, 2.24) is 24.6 Å². The van der Waals surface area contributed by atoms with Crippen molar-refractivity contribution in [1.29, 1.82) is 0 Å². The van der Waals surface area contributed by atoms with E-state index in [0.29, 0.717) is 43.3 Å². The summed E-state index contributed by atoms with van der Waals surface area (Å²) in [6.45, 7) is 6.66. The van der Waals surface area contributed by atoms with E-state index in [0.717, 1.165) is 29.6 Å². The fourth-order valence-corrected chi connectivity index (χ4v) is 4.40. The van der Waals surface area contributed by atoms with Gasteiger partial charge in [0.15, 0.2) is 5.65 Å². The molecule has 0 radical (unpaired) electrons. The van der Waals surface area contributed by atoms with Gasteiger partial charge in [0.2, 0.25) is 5.91 Å². The summed E-state index contributed by atoms with van der Waals surface area (Å²) in [6.07, 6.45) is 3.98. The molecule has 1 aliphatic carbocycles. The minimum Gasteiger partial charge on any atom is -0.336 e. The predicted octanol–water partition coefficient (Wildman–Crippen LogP) is 3.43. The zero-order chi connectivity index (χ0) is 23.8. The van der Waals surface area contributed by atoms with Crippen LogP contribution in [0.1, 0.15) is 54.7 Å². The summed E-state index contributed by atoms with van der Waals surface area (Å²) in [7, 11) is 0. The highest BCUT2D eigenvalue weighted by Crippen LogP contribution is 2.40. The van der Waals surface area contributed by atoms with E-state index in [9.17, 15) is 14.0 Å². The number of pyridine rings is 1. The van der Waals surface area contributed by atoms with Crippen LogP contribution in [0.4, 0.5) is 10.1 Å². The van der Waals surface area contributed by atoms with Gasteiger partial charge in [0.25, 0.3) is 5.91 Å². The lowest BCUT2D eigenvalue weighted by Crippen LogP contribution is -2.50. The number of anilines is 1. The molecular weight excluding hydrogens is 435 g/mol. The molecule has 178 valence electrons. The van der Waals surface area contributed by atoms with Crippen LogP contribution in [0.5, 0.6) is 0 Å². The van der Waals surface area contributed by atoms with E-state index >= 15 is 0 Å². The normalized spacial score (nSPS) is 16.9. The van der Waals surface area contributed by atoms with E-state index in [1.165, 1.54) is 24.3 Å². The number of hydrogen-bond donors (Lipinski definition) is 1. The highest BCUT2D eigenvalue weighted by Gasteiger charge is 2.30. The smallest absolute Gasteiger partial charge is 0.254 e. The van der Waals surface area contributed by atoms with Crippen molar-refractivity contribution >= 4 is 28.5 Å². The SMILES string of the molecule is CC(C)n1ncc2c(C(=O)N3CCN(CC(=O)Nc4ccc(F)cc4)CC3)cc(C3CC3)nc21. The maximum Gasteiger partial charge on any atom is 0.254 e. The van der Waals surface area contributed by atoms with Gasteiger partial charge in [-0.2, -0.15) is 5.10 Å². The molecule has 8 nitrogen and oxygen atoms in total. The molecule has 1 aliphatic heterocycles. The van der Waals surface area contributed by atoms with Crippen LogP contribution in [-0.2, 0) is 4.79 Å². The highest BCUT2D eigenvalue weighted by atomic mass is 19.1. The summed E-state index contributed by atoms with van der Waals surface area (Å²) in [5.74, 6) is -0.0700. The fourth-order valence-electron chi connectivity index (χ4n) is 4.40. The van der Waals surface area contributed by atoms with Crippen molar-refractivity contribution in [3.05, 3.63) is 53.6 Å². The molecule has 1 aromatic carbocycles. The largest absolute Gasteiger partial charge is 0.336 e. The van der Waals surface area contributed by atoms with Crippen LogP contribution >= 0.6 is 0 Å². The lowest BCUT2D eigenvalue weighted by molar-refractivity contribution is -0.117. The zero-order valence-corrected chi connectivity index (χ0v) is 19.5. The van der Waals surface area contributed by atoms with E-state index in [4.69, 9.17) is 4.98 Å². The summed E-state index contributed by atoms with van der Waals surface area (Å²) >= 11 is 0. The van der Waals surface area contributed by atoms with E-state index in [1.54, 1.807) is 6.20 Å². The van der Waals surface area contributed by atoms with E-state index in [2.05, 4.69) is 24.3 Å². The number of aromatic nitrogens is 3. The summed E-state index contributed by atoms with van der Waals surface area (Å²) in [4.78, 5) is 34.6. The summed E-state index contributed by atoms with van der Waals surface area (Å²) in [5, 5.41) is 8.08. The van der Waals surface area contributed by atoms with Gasteiger partial charge >= 0.3 is 0 Å². The number of benzene rings is 1. The number of piperazine rings is 1. The molecule has 0 bridgehead atoms. The van der Waals surface area contributed by atoms with Gasteiger partial charge in [0.05, 0.1) is 23.7 Å². The number of amides is 2. The van der Waals surface area contributed by atoms with Gasteiger partial charge in [-0.05, 0) is 57.0 Å². The Balaban J connectivity index is 1.25.